The van der Waals surface area contributed by atoms with Crippen LogP contribution >= 0.6 is 0 Å². The van der Waals surface area contributed by atoms with Gasteiger partial charge in [0.2, 0.25) is 0 Å². The Kier molecular flexibility index (Phi) is 7.23. The van der Waals surface area contributed by atoms with E-state index in [-0.39, 0.29) is 11.5 Å². The average Bonchev–Trinajstić information content (AvgIpc) is 2.77. The highest BCUT2D eigenvalue weighted by molar-refractivity contribution is 5.53. The summed E-state index contributed by atoms with van der Waals surface area (Å²) in [5, 5.41) is 32.3. The molecule has 29 heavy (non-hydrogen) atoms. The predicted octanol–water partition coefficient (Wildman–Crippen LogP) is -0.687. The van der Waals surface area contributed by atoms with E-state index >= 15 is 0 Å². The van der Waals surface area contributed by atoms with E-state index in [0.717, 1.165) is 103 Å². The molecule has 0 aliphatic carbocycles. The number of hydrogen-bond acceptors (Lipinski definition) is 8. The van der Waals surface area contributed by atoms with Crippen LogP contribution in [0.5, 0.6) is 11.5 Å². The van der Waals surface area contributed by atoms with Crippen molar-refractivity contribution in [2.75, 3.05) is 78.5 Å². The fourth-order valence-electron chi connectivity index (χ4n) is 4.55. The Labute approximate surface area is 173 Å². The number of phenols is 2. The van der Waals surface area contributed by atoms with Crippen LogP contribution < -0.4 is 16.0 Å². The fraction of sp³-hybridized carbons (Fsp3) is 0.714. The first kappa shape index (κ1) is 20.8. The first-order valence-corrected chi connectivity index (χ1v) is 11.1. The second kappa shape index (κ2) is 10.1. The SMILES string of the molecule is Oc1c(CN2CCNCC2)cc(CN2CCNCC2)c(O)c1CN1CCNCC1. The predicted molar refractivity (Wildman–Crippen MR) is 114 cm³/mol. The molecule has 0 saturated carbocycles. The van der Waals surface area contributed by atoms with Gasteiger partial charge in [0.1, 0.15) is 11.5 Å². The standard InChI is InChI=1S/C21H36N6O2/c28-20-17(14-25-7-1-22-2-8-25)13-18(15-26-9-3-23-4-10-26)21(29)19(20)16-27-11-5-24-6-12-27/h13,22-24,28-29H,1-12,14-16H2. The van der Waals surface area contributed by atoms with Crippen molar-refractivity contribution in [3.8, 4) is 11.5 Å². The summed E-state index contributed by atoms with van der Waals surface area (Å²) in [7, 11) is 0. The molecule has 0 bridgehead atoms. The highest BCUT2D eigenvalue weighted by atomic mass is 16.3. The van der Waals surface area contributed by atoms with Crippen LogP contribution in [0.3, 0.4) is 0 Å². The van der Waals surface area contributed by atoms with Gasteiger partial charge in [0.05, 0.1) is 5.56 Å². The second-order valence-corrected chi connectivity index (χ2v) is 8.45. The molecule has 3 fully saturated rings. The molecule has 3 aliphatic heterocycles. The lowest BCUT2D eigenvalue weighted by Gasteiger charge is -2.31. The summed E-state index contributed by atoms with van der Waals surface area (Å²) in [5.74, 6) is 0.562. The molecule has 1 aromatic carbocycles. The summed E-state index contributed by atoms with van der Waals surface area (Å²) in [6, 6.07) is 2.04. The Morgan fingerprint density at radius 2 is 0.931 bits per heavy atom. The van der Waals surface area contributed by atoms with E-state index in [0.29, 0.717) is 12.1 Å². The van der Waals surface area contributed by atoms with Crippen molar-refractivity contribution in [2.45, 2.75) is 19.6 Å². The summed E-state index contributed by atoms with van der Waals surface area (Å²) in [4.78, 5) is 7.08. The van der Waals surface area contributed by atoms with Gasteiger partial charge in [-0.05, 0) is 6.07 Å². The van der Waals surface area contributed by atoms with Crippen molar-refractivity contribution in [1.82, 2.24) is 30.7 Å². The molecule has 3 aliphatic rings. The van der Waals surface area contributed by atoms with Crippen molar-refractivity contribution >= 4 is 0 Å². The van der Waals surface area contributed by atoms with E-state index in [4.69, 9.17) is 0 Å². The molecule has 162 valence electrons. The zero-order chi connectivity index (χ0) is 20.1. The van der Waals surface area contributed by atoms with Gasteiger partial charge in [0.25, 0.3) is 0 Å². The van der Waals surface area contributed by atoms with Gasteiger partial charge in [-0.1, -0.05) is 0 Å². The molecule has 0 spiro atoms. The van der Waals surface area contributed by atoms with E-state index in [2.05, 4.69) is 30.7 Å². The molecule has 3 heterocycles. The van der Waals surface area contributed by atoms with Gasteiger partial charge < -0.3 is 26.2 Å². The Morgan fingerprint density at radius 1 is 0.586 bits per heavy atom. The molecule has 0 atom stereocenters. The van der Waals surface area contributed by atoms with E-state index < -0.39 is 0 Å². The third-order valence-electron chi connectivity index (χ3n) is 6.33. The first-order valence-electron chi connectivity index (χ1n) is 11.1. The maximum absolute atomic E-state index is 11.1. The smallest absolute Gasteiger partial charge is 0.128 e. The summed E-state index contributed by atoms with van der Waals surface area (Å²) in [6.07, 6.45) is 0. The van der Waals surface area contributed by atoms with Gasteiger partial charge in [-0.2, -0.15) is 0 Å². The molecule has 0 radical (unpaired) electrons. The lowest BCUT2D eigenvalue weighted by Crippen LogP contribution is -2.43. The molecule has 5 N–H and O–H groups in total. The monoisotopic (exact) mass is 404 g/mol. The minimum absolute atomic E-state index is 0.281. The number of nitrogens with one attached hydrogen (secondary N) is 3. The lowest BCUT2D eigenvalue weighted by molar-refractivity contribution is 0.217. The third-order valence-corrected chi connectivity index (χ3v) is 6.33. The number of hydrogen-bond donors (Lipinski definition) is 5. The summed E-state index contributed by atoms with van der Waals surface area (Å²) >= 11 is 0. The van der Waals surface area contributed by atoms with Gasteiger partial charge in [-0.25, -0.2) is 0 Å². The molecule has 1 aromatic rings. The van der Waals surface area contributed by atoms with Crippen LogP contribution in [-0.2, 0) is 19.6 Å². The molecular formula is C21H36N6O2. The minimum atomic E-state index is 0.281. The Bertz CT molecular complexity index is 623. The van der Waals surface area contributed by atoms with Crippen LogP contribution in [0, 0.1) is 0 Å². The van der Waals surface area contributed by atoms with Crippen molar-refractivity contribution in [3.63, 3.8) is 0 Å². The van der Waals surface area contributed by atoms with Crippen LogP contribution in [0.4, 0.5) is 0 Å². The summed E-state index contributed by atoms with van der Waals surface area (Å²) < 4.78 is 0. The highest BCUT2D eigenvalue weighted by Crippen LogP contribution is 2.37. The number of nitrogens with zero attached hydrogens (tertiary/aromatic N) is 3. The van der Waals surface area contributed by atoms with Gasteiger partial charge in [-0.3, -0.25) is 14.7 Å². The topological polar surface area (TPSA) is 86.3 Å². The maximum atomic E-state index is 11.1. The number of piperazine rings is 3. The van der Waals surface area contributed by atoms with Gasteiger partial charge >= 0.3 is 0 Å². The zero-order valence-corrected chi connectivity index (χ0v) is 17.4. The van der Waals surface area contributed by atoms with Crippen LogP contribution in [-0.4, -0.2) is 103 Å². The number of rotatable bonds is 6. The molecule has 8 nitrogen and oxygen atoms in total. The fourth-order valence-corrected chi connectivity index (χ4v) is 4.55. The maximum Gasteiger partial charge on any atom is 0.128 e. The first-order chi connectivity index (χ1) is 14.2. The Hall–Kier alpha value is -1.42. The van der Waals surface area contributed by atoms with Crippen molar-refractivity contribution in [3.05, 3.63) is 22.8 Å². The normalized spacial score (nSPS) is 22.8. The van der Waals surface area contributed by atoms with Crippen LogP contribution in [0.15, 0.2) is 6.07 Å². The average molecular weight is 405 g/mol. The van der Waals surface area contributed by atoms with E-state index in [9.17, 15) is 10.2 Å². The number of aromatic hydroxyl groups is 2. The van der Waals surface area contributed by atoms with Gasteiger partial charge in [0, 0.05) is 109 Å². The Balaban J connectivity index is 1.59. The van der Waals surface area contributed by atoms with Gasteiger partial charge in [-0.15, -0.1) is 0 Å². The molecule has 0 aromatic heterocycles. The number of phenolic OH excluding ortho intramolecular Hbond substituents is 2. The van der Waals surface area contributed by atoms with E-state index in [1.165, 1.54) is 0 Å². The molecule has 0 unspecified atom stereocenters. The molecule has 0 amide bonds. The largest absolute Gasteiger partial charge is 0.507 e. The van der Waals surface area contributed by atoms with Crippen LogP contribution in [0.2, 0.25) is 0 Å². The summed E-state index contributed by atoms with van der Waals surface area (Å²) in [5.41, 5.74) is 2.59. The van der Waals surface area contributed by atoms with Crippen LogP contribution in [0.25, 0.3) is 0 Å². The van der Waals surface area contributed by atoms with Crippen molar-refractivity contribution < 1.29 is 10.2 Å². The lowest BCUT2D eigenvalue weighted by atomic mass is 10.00. The zero-order valence-electron chi connectivity index (χ0n) is 17.4. The number of benzene rings is 1. The van der Waals surface area contributed by atoms with Crippen molar-refractivity contribution in [1.29, 1.82) is 0 Å². The second-order valence-electron chi connectivity index (χ2n) is 8.45. The third kappa shape index (κ3) is 5.39. The van der Waals surface area contributed by atoms with E-state index in [1.807, 2.05) is 6.07 Å². The van der Waals surface area contributed by atoms with Gasteiger partial charge in [0.15, 0.2) is 0 Å². The van der Waals surface area contributed by atoms with Crippen molar-refractivity contribution in [2.24, 2.45) is 0 Å². The Morgan fingerprint density at radius 3 is 1.31 bits per heavy atom. The highest BCUT2D eigenvalue weighted by Gasteiger charge is 2.23. The summed E-state index contributed by atoms with van der Waals surface area (Å²) in [6.45, 7) is 13.7. The molecule has 4 rings (SSSR count). The quantitative estimate of drug-likeness (QED) is 0.426. The molecule has 8 heteroatoms. The van der Waals surface area contributed by atoms with E-state index in [1.54, 1.807) is 0 Å². The minimum Gasteiger partial charge on any atom is -0.507 e. The molecule has 3 saturated heterocycles. The molecular weight excluding hydrogens is 368 g/mol. The van der Waals surface area contributed by atoms with Crippen LogP contribution in [0.1, 0.15) is 16.7 Å².